The van der Waals surface area contributed by atoms with Crippen molar-refractivity contribution in [3.8, 4) is 0 Å². The second-order valence-electron chi connectivity index (χ2n) is 4.47. The molecule has 7 nitrogen and oxygen atoms in total. The van der Waals surface area contributed by atoms with Crippen LogP contribution in [-0.2, 0) is 9.47 Å². The third-order valence-electron chi connectivity index (χ3n) is 2.99. The predicted molar refractivity (Wildman–Crippen MR) is 74.6 cm³/mol. The lowest BCUT2D eigenvalue weighted by Crippen LogP contribution is -2.37. The molecule has 1 aliphatic rings. The first-order valence-electron chi connectivity index (χ1n) is 6.78. The molecule has 2 N–H and O–H groups in total. The van der Waals surface area contributed by atoms with Gasteiger partial charge in [-0.15, -0.1) is 0 Å². The van der Waals surface area contributed by atoms with Crippen molar-refractivity contribution in [3.05, 3.63) is 11.6 Å². The van der Waals surface area contributed by atoms with Gasteiger partial charge in [0.1, 0.15) is 13.2 Å². The number of nitrogens with zero attached hydrogens (tertiary/aromatic N) is 1. The van der Waals surface area contributed by atoms with Crippen molar-refractivity contribution < 1.29 is 19.1 Å². The number of nitrogens with one attached hydrogen (secondary N) is 2. The quantitative estimate of drug-likeness (QED) is 0.703. The van der Waals surface area contributed by atoms with Crippen LogP contribution in [0.25, 0.3) is 0 Å². The summed E-state index contributed by atoms with van der Waals surface area (Å²) in [6, 6.07) is -0.0490. The third-order valence-corrected chi connectivity index (χ3v) is 2.99. The summed E-state index contributed by atoms with van der Waals surface area (Å²) in [5, 5.41) is 5.14. The van der Waals surface area contributed by atoms with Crippen LogP contribution in [0.1, 0.15) is 13.8 Å². The summed E-state index contributed by atoms with van der Waals surface area (Å²) in [6.45, 7) is 5.91. The van der Waals surface area contributed by atoms with E-state index in [9.17, 15) is 9.59 Å². The van der Waals surface area contributed by atoms with Gasteiger partial charge in [0.2, 0.25) is 0 Å². The average Bonchev–Trinajstić information content (AvgIpc) is 2.75. The number of carbonyl (C=O) groups excluding carboxylic acids is 2. The van der Waals surface area contributed by atoms with Crippen LogP contribution >= 0.6 is 0 Å². The van der Waals surface area contributed by atoms with E-state index in [0.717, 1.165) is 12.1 Å². The number of rotatable bonds is 6. The highest BCUT2D eigenvalue weighted by Gasteiger charge is 2.26. The lowest BCUT2D eigenvalue weighted by molar-refractivity contribution is 0.113. The molecule has 0 aromatic heterocycles. The molecule has 1 unspecified atom stereocenters. The fraction of sp³-hybridized carbons (Fsp3) is 0.692. The molecule has 7 heteroatoms. The molecule has 0 saturated carbocycles. The molecule has 114 valence electrons. The molecule has 2 amide bonds. The number of likely N-dealkylation sites (N-methyl/N-ethyl adjacent to an activating group) is 1. The van der Waals surface area contributed by atoms with Gasteiger partial charge in [-0.2, -0.15) is 0 Å². The van der Waals surface area contributed by atoms with Gasteiger partial charge in [0.15, 0.2) is 0 Å². The van der Waals surface area contributed by atoms with E-state index >= 15 is 0 Å². The maximum absolute atomic E-state index is 11.3. The highest BCUT2D eigenvalue weighted by atomic mass is 16.6. The lowest BCUT2D eigenvalue weighted by atomic mass is 10.1. The SMILES string of the molecule is CCNC(=O)OCC1=CCN(C)C1COC(=O)NCC. The van der Waals surface area contributed by atoms with E-state index in [-0.39, 0.29) is 19.3 Å². The van der Waals surface area contributed by atoms with Gasteiger partial charge in [-0.05, 0) is 26.5 Å². The Labute approximate surface area is 119 Å². The van der Waals surface area contributed by atoms with Crippen molar-refractivity contribution >= 4 is 12.2 Å². The van der Waals surface area contributed by atoms with Gasteiger partial charge in [0.25, 0.3) is 0 Å². The number of amides is 2. The molecule has 0 aromatic rings. The molecule has 1 atom stereocenters. The Hall–Kier alpha value is -1.76. The molecular weight excluding hydrogens is 262 g/mol. The molecule has 0 aliphatic carbocycles. The summed E-state index contributed by atoms with van der Waals surface area (Å²) < 4.78 is 10.2. The topological polar surface area (TPSA) is 79.9 Å². The Kier molecular flexibility index (Phi) is 6.86. The van der Waals surface area contributed by atoms with Crippen molar-refractivity contribution in [2.75, 3.05) is 39.9 Å². The van der Waals surface area contributed by atoms with Crippen molar-refractivity contribution in [1.82, 2.24) is 15.5 Å². The first-order valence-corrected chi connectivity index (χ1v) is 6.78. The molecular formula is C13H23N3O4. The summed E-state index contributed by atoms with van der Waals surface area (Å²) in [7, 11) is 1.93. The van der Waals surface area contributed by atoms with Gasteiger partial charge >= 0.3 is 12.2 Å². The van der Waals surface area contributed by atoms with E-state index in [4.69, 9.17) is 9.47 Å². The largest absolute Gasteiger partial charge is 0.448 e. The van der Waals surface area contributed by atoms with Crippen molar-refractivity contribution in [2.45, 2.75) is 19.9 Å². The summed E-state index contributed by atoms with van der Waals surface area (Å²) in [5.74, 6) is 0. The zero-order chi connectivity index (χ0) is 15.0. The van der Waals surface area contributed by atoms with Gasteiger partial charge < -0.3 is 20.1 Å². The monoisotopic (exact) mass is 285 g/mol. The minimum Gasteiger partial charge on any atom is -0.448 e. The summed E-state index contributed by atoms with van der Waals surface area (Å²) in [5.41, 5.74) is 0.947. The van der Waals surface area contributed by atoms with Crippen LogP contribution in [0.15, 0.2) is 11.6 Å². The third kappa shape index (κ3) is 5.08. The van der Waals surface area contributed by atoms with E-state index in [0.29, 0.717) is 13.1 Å². The molecule has 20 heavy (non-hydrogen) atoms. The maximum Gasteiger partial charge on any atom is 0.407 e. The fourth-order valence-electron chi connectivity index (χ4n) is 1.89. The van der Waals surface area contributed by atoms with E-state index in [1.807, 2.05) is 31.9 Å². The van der Waals surface area contributed by atoms with Crippen molar-refractivity contribution in [1.29, 1.82) is 0 Å². The zero-order valence-corrected chi connectivity index (χ0v) is 12.3. The van der Waals surface area contributed by atoms with Gasteiger partial charge in [-0.3, -0.25) is 4.90 Å². The minimum atomic E-state index is -0.439. The second-order valence-corrected chi connectivity index (χ2v) is 4.47. The number of hydrogen-bond acceptors (Lipinski definition) is 5. The van der Waals surface area contributed by atoms with E-state index in [1.54, 1.807) is 0 Å². The molecule has 0 radical (unpaired) electrons. The minimum absolute atomic E-state index is 0.0490. The standard InChI is InChI=1S/C13H23N3O4/c1-4-14-12(17)19-8-10-6-7-16(3)11(10)9-20-13(18)15-5-2/h6,11H,4-5,7-9H2,1-3H3,(H,14,17)(H,15,18). The summed E-state index contributed by atoms with van der Waals surface area (Å²) >= 11 is 0. The average molecular weight is 285 g/mol. The Balaban J connectivity index is 2.41. The van der Waals surface area contributed by atoms with Crippen molar-refractivity contribution in [2.24, 2.45) is 0 Å². The molecule has 1 heterocycles. The Morgan fingerprint density at radius 2 is 1.85 bits per heavy atom. The second kappa shape index (κ2) is 8.42. The predicted octanol–water partition coefficient (Wildman–Crippen LogP) is 0.719. The Morgan fingerprint density at radius 3 is 2.45 bits per heavy atom. The number of carbonyl (C=O) groups is 2. The highest BCUT2D eigenvalue weighted by molar-refractivity contribution is 5.67. The normalized spacial score (nSPS) is 18.4. The van der Waals surface area contributed by atoms with E-state index in [2.05, 4.69) is 10.6 Å². The summed E-state index contributed by atoms with van der Waals surface area (Å²) in [4.78, 5) is 24.6. The smallest absolute Gasteiger partial charge is 0.407 e. The van der Waals surface area contributed by atoms with Crippen LogP contribution in [0.3, 0.4) is 0 Å². The lowest BCUT2D eigenvalue weighted by Gasteiger charge is -2.22. The number of alkyl carbamates (subject to hydrolysis) is 2. The van der Waals surface area contributed by atoms with Crippen LogP contribution in [-0.4, -0.2) is 63.0 Å². The first kappa shape index (κ1) is 16.3. The number of hydrogen-bond donors (Lipinski definition) is 2. The molecule has 0 bridgehead atoms. The molecule has 1 aliphatic heterocycles. The van der Waals surface area contributed by atoms with Crippen LogP contribution in [0.4, 0.5) is 9.59 Å². The molecule has 0 saturated heterocycles. The van der Waals surface area contributed by atoms with Crippen molar-refractivity contribution in [3.63, 3.8) is 0 Å². The molecule has 0 spiro atoms. The molecule has 0 aromatic carbocycles. The summed E-state index contributed by atoms with van der Waals surface area (Å²) in [6.07, 6.45) is 1.12. The van der Waals surface area contributed by atoms with Gasteiger partial charge in [0, 0.05) is 19.6 Å². The van der Waals surface area contributed by atoms with Crippen LogP contribution in [0, 0.1) is 0 Å². The highest BCUT2D eigenvalue weighted by Crippen LogP contribution is 2.17. The zero-order valence-electron chi connectivity index (χ0n) is 12.3. The Bertz CT molecular complexity index is 371. The van der Waals surface area contributed by atoms with Gasteiger partial charge in [0.05, 0.1) is 6.04 Å². The van der Waals surface area contributed by atoms with E-state index < -0.39 is 12.2 Å². The maximum atomic E-state index is 11.3. The Morgan fingerprint density at radius 1 is 1.25 bits per heavy atom. The fourth-order valence-corrected chi connectivity index (χ4v) is 1.89. The number of ether oxygens (including phenoxy) is 2. The molecule has 1 rings (SSSR count). The molecule has 0 fully saturated rings. The van der Waals surface area contributed by atoms with Gasteiger partial charge in [-0.1, -0.05) is 6.08 Å². The van der Waals surface area contributed by atoms with E-state index in [1.165, 1.54) is 0 Å². The van der Waals surface area contributed by atoms with Crippen LogP contribution in [0.5, 0.6) is 0 Å². The van der Waals surface area contributed by atoms with Crippen LogP contribution in [0.2, 0.25) is 0 Å². The van der Waals surface area contributed by atoms with Crippen LogP contribution < -0.4 is 10.6 Å². The first-order chi connectivity index (χ1) is 9.58. The van der Waals surface area contributed by atoms with Gasteiger partial charge in [-0.25, -0.2) is 9.59 Å².